The first-order chi connectivity index (χ1) is 15.5. The van der Waals surface area contributed by atoms with Crippen LogP contribution >= 0.6 is 0 Å². The van der Waals surface area contributed by atoms with E-state index < -0.39 is 41.1 Å². The van der Waals surface area contributed by atoms with Crippen molar-refractivity contribution in [1.82, 2.24) is 19.4 Å². The number of carboxylic acid groups (broad SMARTS) is 1. The lowest BCUT2D eigenvalue weighted by Gasteiger charge is -2.19. The van der Waals surface area contributed by atoms with Gasteiger partial charge >= 0.3 is 11.7 Å². The van der Waals surface area contributed by atoms with E-state index in [0.29, 0.717) is 10.1 Å². The van der Waals surface area contributed by atoms with Gasteiger partial charge < -0.3 is 15.5 Å². The van der Waals surface area contributed by atoms with Gasteiger partial charge in [0.2, 0.25) is 5.88 Å². The van der Waals surface area contributed by atoms with Gasteiger partial charge in [-0.2, -0.15) is 0 Å². The number of benzene rings is 1. The largest absolute Gasteiger partial charge is 0.494 e. The second-order valence-corrected chi connectivity index (χ2v) is 8.44. The first kappa shape index (κ1) is 23.5. The Balaban J connectivity index is 2.17. The highest BCUT2D eigenvalue weighted by Crippen LogP contribution is 2.23. The fourth-order valence-corrected chi connectivity index (χ4v) is 3.23. The van der Waals surface area contributed by atoms with Crippen molar-refractivity contribution in [3.63, 3.8) is 0 Å². The van der Waals surface area contributed by atoms with E-state index in [2.05, 4.69) is 31.1 Å². The van der Waals surface area contributed by atoms with E-state index in [-0.39, 0.29) is 17.6 Å². The summed E-state index contributed by atoms with van der Waals surface area (Å²) in [5.41, 5.74) is -0.985. The van der Waals surface area contributed by atoms with Crippen LogP contribution in [0.2, 0.25) is 0 Å². The second-order valence-electron chi connectivity index (χ2n) is 8.44. The Hall–Kier alpha value is -4.21. The van der Waals surface area contributed by atoms with Crippen molar-refractivity contribution in [2.24, 2.45) is 0 Å². The molecule has 172 valence electrons. The van der Waals surface area contributed by atoms with Crippen LogP contribution in [0.25, 0.3) is 5.69 Å². The predicted molar refractivity (Wildman–Crippen MR) is 120 cm³/mol. The number of aliphatic carboxylic acids is 1. The topological polar surface area (TPSA) is 144 Å². The van der Waals surface area contributed by atoms with Crippen LogP contribution in [-0.4, -0.2) is 42.8 Å². The number of amides is 1. The maximum Gasteiger partial charge on any atom is 0.338 e. The third-order valence-electron chi connectivity index (χ3n) is 5.01. The van der Waals surface area contributed by atoms with Crippen molar-refractivity contribution in [3.05, 3.63) is 86.3 Å². The molecule has 0 saturated carbocycles. The number of hydrogen-bond acceptors (Lipinski definition) is 6. The van der Waals surface area contributed by atoms with Crippen LogP contribution in [0.1, 0.15) is 42.3 Å². The van der Waals surface area contributed by atoms with Gasteiger partial charge in [0.15, 0.2) is 5.56 Å². The Kier molecular flexibility index (Phi) is 6.47. The Morgan fingerprint density at radius 3 is 2.30 bits per heavy atom. The molecule has 0 radical (unpaired) electrons. The molecule has 1 aromatic carbocycles. The van der Waals surface area contributed by atoms with E-state index in [1.54, 1.807) is 12.1 Å². The van der Waals surface area contributed by atoms with Crippen molar-refractivity contribution in [1.29, 1.82) is 0 Å². The highest BCUT2D eigenvalue weighted by molar-refractivity contribution is 5.97. The molecule has 3 aromatic rings. The molecule has 0 aliphatic rings. The van der Waals surface area contributed by atoms with E-state index in [1.165, 1.54) is 24.5 Å². The quantitative estimate of drug-likeness (QED) is 0.511. The number of carboxylic acids is 1. The van der Waals surface area contributed by atoms with Gasteiger partial charge in [-0.15, -0.1) is 0 Å². The Morgan fingerprint density at radius 1 is 1.09 bits per heavy atom. The number of nitrogens with zero attached hydrogens (tertiary/aromatic N) is 3. The molecule has 0 saturated heterocycles. The Morgan fingerprint density at radius 2 is 1.76 bits per heavy atom. The summed E-state index contributed by atoms with van der Waals surface area (Å²) in [5, 5.41) is 21.6. The molecule has 3 rings (SSSR count). The van der Waals surface area contributed by atoms with Gasteiger partial charge in [0.1, 0.15) is 6.54 Å². The van der Waals surface area contributed by atoms with E-state index in [1.807, 2.05) is 12.1 Å². The number of hydrogen-bond donors (Lipinski definition) is 3. The second kappa shape index (κ2) is 9.11. The average Bonchev–Trinajstić information content (AvgIpc) is 2.76. The van der Waals surface area contributed by atoms with Crippen LogP contribution in [0, 0.1) is 0 Å². The van der Waals surface area contributed by atoms with Crippen molar-refractivity contribution in [2.45, 2.75) is 32.7 Å². The van der Waals surface area contributed by atoms with E-state index in [9.17, 15) is 24.3 Å². The molecule has 2 heterocycles. The lowest BCUT2D eigenvalue weighted by atomic mass is 9.87. The molecule has 0 atom stereocenters. The van der Waals surface area contributed by atoms with E-state index >= 15 is 0 Å². The van der Waals surface area contributed by atoms with E-state index in [0.717, 1.165) is 10.1 Å². The third-order valence-corrected chi connectivity index (χ3v) is 5.01. The minimum atomic E-state index is -1.33. The van der Waals surface area contributed by atoms with E-state index in [4.69, 9.17) is 5.11 Å². The van der Waals surface area contributed by atoms with Crippen LogP contribution in [0.4, 0.5) is 0 Å². The summed E-state index contributed by atoms with van der Waals surface area (Å²) in [6.45, 7) is 5.28. The molecule has 0 aliphatic heterocycles. The minimum absolute atomic E-state index is 0.0829. The van der Waals surface area contributed by atoms with Crippen LogP contribution in [0.3, 0.4) is 0 Å². The van der Waals surface area contributed by atoms with Crippen LogP contribution in [-0.2, 0) is 16.8 Å². The van der Waals surface area contributed by atoms with Gasteiger partial charge in [0, 0.05) is 6.20 Å². The molecule has 1 amide bonds. The molecule has 0 bridgehead atoms. The molecule has 0 unspecified atom stereocenters. The van der Waals surface area contributed by atoms with Crippen molar-refractivity contribution < 1.29 is 19.8 Å². The maximum absolute atomic E-state index is 13.2. The summed E-state index contributed by atoms with van der Waals surface area (Å²) in [4.78, 5) is 53.5. The fraction of sp³-hybridized carbons (Fsp3) is 0.261. The lowest BCUT2D eigenvalue weighted by Crippen LogP contribution is -2.44. The summed E-state index contributed by atoms with van der Waals surface area (Å²) in [6, 6.07) is 10.3. The zero-order valence-electron chi connectivity index (χ0n) is 18.4. The van der Waals surface area contributed by atoms with Crippen LogP contribution in [0.15, 0.2) is 58.4 Å². The normalized spacial score (nSPS) is 11.2. The molecule has 0 spiro atoms. The van der Waals surface area contributed by atoms with Crippen molar-refractivity contribution >= 4 is 11.9 Å². The summed E-state index contributed by atoms with van der Waals surface area (Å²) in [7, 11) is 0. The maximum atomic E-state index is 13.2. The van der Waals surface area contributed by atoms with Crippen LogP contribution in [0.5, 0.6) is 5.88 Å². The fourth-order valence-electron chi connectivity index (χ4n) is 3.23. The first-order valence-corrected chi connectivity index (χ1v) is 10.1. The number of rotatable bonds is 6. The highest BCUT2D eigenvalue weighted by Gasteiger charge is 2.25. The highest BCUT2D eigenvalue weighted by atomic mass is 16.4. The third kappa shape index (κ3) is 5.00. The van der Waals surface area contributed by atoms with Gasteiger partial charge in [-0.3, -0.25) is 23.9 Å². The summed E-state index contributed by atoms with van der Waals surface area (Å²) in [5.74, 6) is -3.30. The molecular weight excluding hydrogens is 428 g/mol. The number of nitrogens with one attached hydrogen (secondary N) is 1. The average molecular weight is 452 g/mol. The standard InChI is InChI=1S/C23H24N4O6/c1-23(2,3)15-8-6-14(7-9-15)13-26-20(31)18(19(30)25-12-17(28)29)21(32)27(22(26)33)16-5-4-10-24-11-16/h4-11,31H,12-13H2,1-3H3,(H,25,30)(H,28,29). The van der Waals surface area contributed by atoms with Gasteiger partial charge in [-0.25, -0.2) is 9.36 Å². The van der Waals surface area contributed by atoms with Gasteiger partial charge in [0.25, 0.3) is 11.5 Å². The molecule has 2 aromatic heterocycles. The molecular formula is C23H24N4O6. The van der Waals surface area contributed by atoms with Crippen molar-refractivity contribution in [2.75, 3.05) is 6.54 Å². The number of aromatic nitrogens is 3. The summed E-state index contributed by atoms with van der Waals surface area (Å²) >= 11 is 0. The minimum Gasteiger partial charge on any atom is -0.494 e. The first-order valence-electron chi connectivity index (χ1n) is 10.1. The Labute approximate surface area is 188 Å². The smallest absolute Gasteiger partial charge is 0.338 e. The molecule has 3 N–H and O–H groups in total. The summed E-state index contributed by atoms with van der Waals surface area (Å²) in [6.07, 6.45) is 2.71. The number of carbonyl (C=O) groups is 2. The molecule has 10 heteroatoms. The van der Waals surface area contributed by atoms with Gasteiger partial charge in [0.05, 0.1) is 18.4 Å². The summed E-state index contributed by atoms with van der Waals surface area (Å²) < 4.78 is 1.60. The number of pyridine rings is 1. The molecule has 0 aliphatic carbocycles. The molecule has 33 heavy (non-hydrogen) atoms. The Bertz CT molecular complexity index is 1300. The SMILES string of the molecule is CC(C)(C)c1ccc(Cn2c(O)c(C(=O)NCC(=O)O)c(=O)n(-c3cccnc3)c2=O)cc1. The molecule has 10 nitrogen and oxygen atoms in total. The predicted octanol–water partition coefficient (Wildman–Crippen LogP) is 1.26. The van der Waals surface area contributed by atoms with Gasteiger partial charge in [-0.05, 0) is 28.7 Å². The number of aromatic hydroxyl groups is 1. The van der Waals surface area contributed by atoms with Gasteiger partial charge in [-0.1, -0.05) is 45.0 Å². The van der Waals surface area contributed by atoms with Crippen molar-refractivity contribution in [3.8, 4) is 11.6 Å². The number of carbonyl (C=O) groups excluding carboxylic acids is 1. The monoisotopic (exact) mass is 452 g/mol. The zero-order chi connectivity index (χ0) is 24.3. The zero-order valence-corrected chi connectivity index (χ0v) is 18.4. The molecule has 0 fully saturated rings. The lowest BCUT2D eigenvalue weighted by molar-refractivity contribution is -0.135. The van der Waals surface area contributed by atoms with Crippen LogP contribution < -0.4 is 16.6 Å².